The van der Waals surface area contributed by atoms with Crippen LogP contribution in [0.15, 0.2) is 47.5 Å². The van der Waals surface area contributed by atoms with Gasteiger partial charge in [-0.25, -0.2) is 8.42 Å². The Balaban J connectivity index is 1.53. The molecule has 6 nitrogen and oxygen atoms in total. The van der Waals surface area contributed by atoms with Crippen molar-refractivity contribution in [3.05, 3.63) is 58.3 Å². The van der Waals surface area contributed by atoms with Gasteiger partial charge in [-0.1, -0.05) is 29.3 Å². The number of hydrogen-bond donors (Lipinski definition) is 0. The molecule has 0 radical (unpaired) electrons. The number of nitrogens with zero attached hydrogens (tertiary/aromatic N) is 3. The molecule has 150 valence electrons. The summed E-state index contributed by atoms with van der Waals surface area (Å²) in [7, 11) is -3.75. The molecule has 0 unspecified atom stereocenters. The molecule has 2 heterocycles. The molecule has 0 saturated carbocycles. The zero-order chi connectivity index (χ0) is 20.1. The van der Waals surface area contributed by atoms with Gasteiger partial charge in [0.1, 0.15) is 4.90 Å². The number of rotatable bonds is 6. The monoisotopic (exact) mass is 459 g/mol. The molecule has 1 saturated heterocycles. The van der Waals surface area contributed by atoms with E-state index in [1.54, 1.807) is 17.2 Å². The number of benzene rings is 1. The smallest absolute Gasteiger partial charge is 0.244 e. The third-order valence-corrected chi connectivity index (χ3v) is 7.87. The predicted molar refractivity (Wildman–Crippen MR) is 112 cm³/mol. The minimum atomic E-state index is -3.75. The molecule has 0 atom stereocenters. The predicted octanol–water partition coefficient (Wildman–Crippen LogP) is 3.15. The lowest BCUT2D eigenvalue weighted by atomic mass is 10.3. The highest BCUT2D eigenvalue weighted by Crippen LogP contribution is 2.28. The maximum Gasteiger partial charge on any atom is 0.244 e. The van der Waals surface area contributed by atoms with Gasteiger partial charge < -0.3 is 4.90 Å². The van der Waals surface area contributed by atoms with E-state index in [4.69, 9.17) is 23.2 Å². The Morgan fingerprint density at radius 3 is 2.54 bits per heavy atom. The fraction of sp³-hybridized carbons (Fsp3) is 0.333. The molecule has 28 heavy (non-hydrogen) atoms. The van der Waals surface area contributed by atoms with Crippen molar-refractivity contribution in [2.75, 3.05) is 31.9 Å². The molecule has 0 N–H and O–H groups in total. The summed E-state index contributed by atoms with van der Waals surface area (Å²) >= 11 is 13.5. The van der Waals surface area contributed by atoms with Crippen LogP contribution in [0.5, 0.6) is 0 Å². The molecule has 1 aromatic carbocycles. The van der Waals surface area contributed by atoms with Gasteiger partial charge in [-0.3, -0.25) is 9.78 Å². The Morgan fingerprint density at radius 1 is 1.11 bits per heavy atom. The molecule has 10 heteroatoms. The lowest BCUT2D eigenvalue weighted by Crippen LogP contribution is -2.51. The van der Waals surface area contributed by atoms with Gasteiger partial charge in [0.25, 0.3) is 0 Å². The number of thioether (sulfide) groups is 1. The highest BCUT2D eigenvalue weighted by Gasteiger charge is 2.31. The first-order valence-corrected chi connectivity index (χ1v) is 11.9. The van der Waals surface area contributed by atoms with E-state index >= 15 is 0 Å². The summed E-state index contributed by atoms with van der Waals surface area (Å²) in [5.41, 5.74) is 0.926. The van der Waals surface area contributed by atoms with Crippen LogP contribution in [0, 0.1) is 0 Å². The van der Waals surface area contributed by atoms with E-state index in [9.17, 15) is 13.2 Å². The summed E-state index contributed by atoms with van der Waals surface area (Å²) in [4.78, 5) is 18.3. The van der Waals surface area contributed by atoms with Crippen molar-refractivity contribution >= 4 is 50.9 Å². The third kappa shape index (κ3) is 5.18. The second kappa shape index (κ2) is 9.45. The summed E-state index contributed by atoms with van der Waals surface area (Å²) in [5.74, 6) is 0.997. The first-order chi connectivity index (χ1) is 13.4. The van der Waals surface area contributed by atoms with Crippen LogP contribution in [0.1, 0.15) is 5.69 Å². The fourth-order valence-corrected chi connectivity index (χ4v) is 5.81. The Kier molecular flexibility index (Phi) is 7.22. The van der Waals surface area contributed by atoms with E-state index in [1.807, 2.05) is 18.2 Å². The third-order valence-electron chi connectivity index (χ3n) is 4.30. The molecular weight excluding hydrogens is 441 g/mol. The quantitative estimate of drug-likeness (QED) is 0.663. The van der Waals surface area contributed by atoms with Crippen LogP contribution in [-0.4, -0.2) is 60.4 Å². The number of halogens is 2. The van der Waals surface area contributed by atoms with Crippen molar-refractivity contribution in [3.63, 3.8) is 0 Å². The molecule has 1 aliphatic heterocycles. The van der Waals surface area contributed by atoms with E-state index in [2.05, 4.69) is 4.98 Å². The number of piperazine rings is 1. The maximum atomic E-state index is 12.8. The van der Waals surface area contributed by atoms with Gasteiger partial charge in [-0.05, 0) is 30.3 Å². The van der Waals surface area contributed by atoms with E-state index in [0.29, 0.717) is 29.6 Å². The van der Waals surface area contributed by atoms with Crippen LogP contribution < -0.4 is 0 Å². The first kappa shape index (κ1) is 21.4. The highest BCUT2D eigenvalue weighted by molar-refractivity contribution is 7.99. The number of carbonyl (C=O) groups is 1. The van der Waals surface area contributed by atoms with Crippen molar-refractivity contribution in [1.29, 1.82) is 0 Å². The van der Waals surface area contributed by atoms with Gasteiger partial charge in [0.15, 0.2) is 0 Å². The molecule has 1 aliphatic rings. The molecule has 2 aromatic rings. The number of sulfonamides is 1. The topological polar surface area (TPSA) is 70.6 Å². The van der Waals surface area contributed by atoms with Crippen LogP contribution in [0.25, 0.3) is 0 Å². The largest absolute Gasteiger partial charge is 0.339 e. The molecule has 1 aromatic heterocycles. The zero-order valence-electron chi connectivity index (χ0n) is 14.9. The van der Waals surface area contributed by atoms with Gasteiger partial charge in [0, 0.05) is 43.2 Å². The highest BCUT2D eigenvalue weighted by atomic mass is 35.5. The minimum absolute atomic E-state index is 0.00114. The number of aromatic nitrogens is 1. The van der Waals surface area contributed by atoms with Crippen molar-refractivity contribution in [3.8, 4) is 0 Å². The molecule has 0 bridgehead atoms. The fourth-order valence-electron chi connectivity index (χ4n) is 2.81. The number of amides is 1. The SMILES string of the molecule is O=C(CSCc1ccccn1)N1CCN(S(=O)(=O)c2cc(Cl)ccc2Cl)CC1. The number of hydrogen-bond acceptors (Lipinski definition) is 5. The van der Waals surface area contributed by atoms with Crippen molar-refractivity contribution in [2.24, 2.45) is 0 Å². The summed E-state index contributed by atoms with van der Waals surface area (Å²) in [6, 6.07) is 10.0. The Hall–Kier alpha value is -1.32. The zero-order valence-corrected chi connectivity index (χ0v) is 18.1. The van der Waals surface area contributed by atoms with Crippen molar-refractivity contribution in [2.45, 2.75) is 10.6 Å². The van der Waals surface area contributed by atoms with Crippen LogP contribution in [0.2, 0.25) is 10.0 Å². The average molecular weight is 460 g/mol. The van der Waals surface area contributed by atoms with Crippen LogP contribution in [0.3, 0.4) is 0 Å². The van der Waals surface area contributed by atoms with Gasteiger partial charge >= 0.3 is 0 Å². The summed E-state index contributed by atoms with van der Waals surface area (Å²) in [5, 5.41) is 0.440. The first-order valence-electron chi connectivity index (χ1n) is 8.58. The second-order valence-electron chi connectivity index (χ2n) is 6.17. The molecular formula is C18H19Cl2N3O3S2. The van der Waals surface area contributed by atoms with E-state index < -0.39 is 10.0 Å². The second-order valence-corrected chi connectivity index (χ2v) is 9.91. The van der Waals surface area contributed by atoms with E-state index in [0.717, 1.165) is 5.69 Å². The summed E-state index contributed by atoms with van der Waals surface area (Å²) < 4.78 is 27.0. The normalized spacial score (nSPS) is 15.6. The summed E-state index contributed by atoms with van der Waals surface area (Å²) in [6.45, 7) is 1.14. The van der Waals surface area contributed by atoms with Gasteiger partial charge in [0.2, 0.25) is 15.9 Å². The van der Waals surface area contributed by atoms with Gasteiger partial charge in [-0.2, -0.15) is 4.31 Å². The average Bonchev–Trinajstić information content (AvgIpc) is 2.70. The number of pyridine rings is 1. The molecule has 0 spiro atoms. The van der Waals surface area contributed by atoms with Gasteiger partial charge in [-0.15, -0.1) is 11.8 Å². The van der Waals surface area contributed by atoms with Crippen molar-refractivity contribution < 1.29 is 13.2 Å². The molecule has 1 fully saturated rings. The van der Waals surface area contributed by atoms with E-state index in [1.165, 1.54) is 28.2 Å². The minimum Gasteiger partial charge on any atom is -0.339 e. The Morgan fingerprint density at radius 2 is 1.86 bits per heavy atom. The maximum absolute atomic E-state index is 12.8. The Bertz CT molecular complexity index is 934. The van der Waals surface area contributed by atoms with Crippen LogP contribution >= 0.6 is 35.0 Å². The standard InChI is InChI=1S/C18H19Cl2N3O3S2/c19-14-4-5-16(20)17(11-14)28(25,26)23-9-7-22(8-10-23)18(24)13-27-12-15-3-1-2-6-21-15/h1-6,11H,7-10,12-13H2. The lowest BCUT2D eigenvalue weighted by Gasteiger charge is -2.34. The summed E-state index contributed by atoms with van der Waals surface area (Å²) in [6.07, 6.45) is 1.73. The molecule has 3 rings (SSSR count). The van der Waals surface area contributed by atoms with E-state index in [-0.39, 0.29) is 28.9 Å². The lowest BCUT2D eigenvalue weighted by molar-refractivity contribution is -0.129. The molecule has 1 amide bonds. The van der Waals surface area contributed by atoms with Crippen LogP contribution in [0.4, 0.5) is 0 Å². The van der Waals surface area contributed by atoms with Gasteiger partial charge in [0.05, 0.1) is 16.5 Å². The van der Waals surface area contributed by atoms with Crippen LogP contribution in [-0.2, 0) is 20.6 Å². The number of carbonyl (C=O) groups excluding carboxylic acids is 1. The van der Waals surface area contributed by atoms with Crippen molar-refractivity contribution in [1.82, 2.24) is 14.2 Å². The molecule has 0 aliphatic carbocycles. The Labute approximate surface area is 178 Å².